The number of amides is 1. The summed E-state index contributed by atoms with van der Waals surface area (Å²) in [6.07, 6.45) is 3.10. The van der Waals surface area contributed by atoms with Crippen LogP contribution < -0.4 is 5.32 Å². The molecule has 5 nitrogen and oxygen atoms in total. The molecule has 2 rings (SSSR count). The van der Waals surface area contributed by atoms with Crippen LogP contribution in [0.3, 0.4) is 0 Å². The summed E-state index contributed by atoms with van der Waals surface area (Å²) in [5, 5.41) is 3.62. The van der Waals surface area contributed by atoms with E-state index in [0.717, 1.165) is 58.7 Å². The van der Waals surface area contributed by atoms with E-state index in [4.69, 9.17) is 4.74 Å². The van der Waals surface area contributed by atoms with Gasteiger partial charge >= 0.3 is 0 Å². The van der Waals surface area contributed by atoms with Gasteiger partial charge in [-0.1, -0.05) is 13.8 Å². The van der Waals surface area contributed by atoms with E-state index < -0.39 is 0 Å². The van der Waals surface area contributed by atoms with E-state index in [0.29, 0.717) is 18.0 Å². The molecule has 5 heteroatoms. The van der Waals surface area contributed by atoms with E-state index in [1.165, 1.54) is 0 Å². The van der Waals surface area contributed by atoms with Gasteiger partial charge in [0.2, 0.25) is 5.91 Å². The average Bonchev–Trinajstić information content (AvgIpc) is 2.79. The van der Waals surface area contributed by atoms with Crippen LogP contribution in [0.25, 0.3) is 0 Å². The molecule has 2 fully saturated rings. The number of carbonyl (C=O) groups excluding carboxylic acids is 1. The van der Waals surface area contributed by atoms with Gasteiger partial charge in [0, 0.05) is 51.5 Å². The summed E-state index contributed by atoms with van der Waals surface area (Å²) >= 11 is 0. The Balaban J connectivity index is 1.94. The van der Waals surface area contributed by atoms with Gasteiger partial charge in [0.05, 0.1) is 6.04 Å². The van der Waals surface area contributed by atoms with Gasteiger partial charge in [-0.3, -0.25) is 9.69 Å². The smallest absolute Gasteiger partial charge is 0.240 e. The van der Waals surface area contributed by atoms with E-state index in [2.05, 4.69) is 42.8 Å². The quantitative estimate of drug-likeness (QED) is 0.836. The van der Waals surface area contributed by atoms with Crippen molar-refractivity contribution >= 4 is 5.91 Å². The fraction of sp³-hybridized carbons (Fsp3) is 0.944. The molecule has 23 heavy (non-hydrogen) atoms. The number of carbonyl (C=O) groups is 1. The van der Waals surface area contributed by atoms with Crippen LogP contribution in [0, 0.1) is 5.92 Å². The zero-order chi connectivity index (χ0) is 16.8. The Morgan fingerprint density at radius 2 is 1.74 bits per heavy atom. The van der Waals surface area contributed by atoms with Crippen molar-refractivity contribution < 1.29 is 9.53 Å². The highest BCUT2D eigenvalue weighted by molar-refractivity contribution is 5.82. The molecule has 2 heterocycles. The number of nitrogens with zero attached hydrogens (tertiary/aromatic N) is 2. The molecule has 1 atom stereocenters. The molecule has 0 aromatic rings. The molecule has 2 aliphatic rings. The lowest BCUT2D eigenvalue weighted by atomic mass is 9.99. The Hall–Kier alpha value is -0.650. The molecule has 1 amide bonds. The highest BCUT2D eigenvalue weighted by Crippen LogP contribution is 2.15. The Kier molecular flexibility index (Phi) is 7.31. The van der Waals surface area contributed by atoms with Crippen LogP contribution in [0.15, 0.2) is 0 Å². The van der Waals surface area contributed by atoms with Gasteiger partial charge in [-0.25, -0.2) is 0 Å². The normalized spacial score (nSPS) is 23.3. The van der Waals surface area contributed by atoms with Crippen molar-refractivity contribution in [3.05, 3.63) is 0 Å². The first kappa shape index (κ1) is 18.7. The molecule has 0 aromatic carbocycles. The summed E-state index contributed by atoms with van der Waals surface area (Å²) in [4.78, 5) is 17.6. The minimum Gasteiger partial charge on any atom is -0.381 e. The maximum atomic E-state index is 13.1. The molecule has 2 aliphatic heterocycles. The van der Waals surface area contributed by atoms with Crippen LogP contribution in [-0.4, -0.2) is 73.2 Å². The van der Waals surface area contributed by atoms with E-state index in [1.54, 1.807) is 0 Å². The summed E-state index contributed by atoms with van der Waals surface area (Å²) in [6, 6.07) is 0.911. The molecule has 0 spiro atoms. The maximum Gasteiger partial charge on any atom is 0.240 e. The first-order valence-corrected chi connectivity index (χ1v) is 9.35. The third-order valence-electron chi connectivity index (χ3n) is 5.14. The molecule has 134 valence electrons. The standard InChI is InChI=1S/C18H35N3O2/c1-14(2)17(19-16-6-12-23-13-7-16)18(22)21-9-5-8-20(10-11-21)15(3)4/h14-17,19H,5-13H2,1-4H3/t17-/m1/s1. The Morgan fingerprint density at radius 1 is 1.04 bits per heavy atom. The molecule has 0 aromatic heterocycles. The molecule has 1 N–H and O–H groups in total. The Morgan fingerprint density at radius 3 is 2.35 bits per heavy atom. The SMILES string of the molecule is CC(C)[C@@H](NC1CCOCC1)C(=O)N1CCCN(C(C)C)CC1. The lowest BCUT2D eigenvalue weighted by molar-refractivity contribution is -0.135. The van der Waals surface area contributed by atoms with Gasteiger partial charge in [0.1, 0.15) is 0 Å². The van der Waals surface area contributed by atoms with Crippen molar-refractivity contribution in [3.63, 3.8) is 0 Å². The van der Waals surface area contributed by atoms with Crippen molar-refractivity contribution in [2.75, 3.05) is 39.4 Å². The first-order valence-electron chi connectivity index (χ1n) is 9.35. The number of nitrogens with one attached hydrogen (secondary N) is 1. The fourth-order valence-electron chi connectivity index (χ4n) is 3.54. The van der Waals surface area contributed by atoms with Crippen molar-refractivity contribution in [2.24, 2.45) is 5.92 Å². The molecular formula is C18H35N3O2. The third-order valence-corrected chi connectivity index (χ3v) is 5.14. The minimum atomic E-state index is -0.0660. The van der Waals surface area contributed by atoms with Gasteiger partial charge < -0.3 is 15.0 Å². The third kappa shape index (κ3) is 5.44. The number of ether oxygens (including phenoxy) is 1. The Labute approximate surface area is 141 Å². The van der Waals surface area contributed by atoms with Crippen molar-refractivity contribution in [2.45, 2.75) is 65.1 Å². The van der Waals surface area contributed by atoms with Gasteiger partial charge in [-0.05, 0) is 39.0 Å². The predicted octanol–water partition coefficient (Wildman–Crippen LogP) is 1.72. The molecular weight excluding hydrogens is 290 g/mol. The number of hydrogen-bond acceptors (Lipinski definition) is 4. The van der Waals surface area contributed by atoms with Crippen LogP contribution in [0.4, 0.5) is 0 Å². The summed E-state index contributed by atoms with van der Waals surface area (Å²) < 4.78 is 5.43. The maximum absolute atomic E-state index is 13.1. The van der Waals surface area contributed by atoms with Crippen LogP contribution in [0.2, 0.25) is 0 Å². The monoisotopic (exact) mass is 325 g/mol. The summed E-state index contributed by atoms with van der Waals surface area (Å²) in [7, 11) is 0. The highest BCUT2D eigenvalue weighted by atomic mass is 16.5. The lowest BCUT2D eigenvalue weighted by Gasteiger charge is -2.33. The molecule has 0 radical (unpaired) electrons. The van der Waals surface area contributed by atoms with E-state index in [-0.39, 0.29) is 11.9 Å². The Bertz CT molecular complexity index is 367. The largest absolute Gasteiger partial charge is 0.381 e. The zero-order valence-electron chi connectivity index (χ0n) is 15.4. The molecule has 0 aliphatic carbocycles. The summed E-state index contributed by atoms with van der Waals surface area (Å²) in [5.41, 5.74) is 0. The second-order valence-corrected chi connectivity index (χ2v) is 7.58. The topological polar surface area (TPSA) is 44.8 Å². The van der Waals surface area contributed by atoms with Crippen molar-refractivity contribution in [3.8, 4) is 0 Å². The summed E-state index contributed by atoms with van der Waals surface area (Å²) in [6.45, 7) is 14.2. The first-order chi connectivity index (χ1) is 11.0. The van der Waals surface area contributed by atoms with Gasteiger partial charge in [-0.15, -0.1) is 0 Å². The molecule has 0 bridgehead atoms. The van der Waals surface area contributed by atoms with Gasteiger partial charge in [-0.2, -0.15) is 0 Å². The second kappa shape index (κ2) is 9.00. The van der Waals surface area contributed by atoms with Crippen LogP contribution in [0.1, 0.15) is 47.0 Å². The van der Waals surface area contributed by atoms with E-state index in [9.17, 15) is 4.79 Å². The fourth-order valence-corrected chi connectivity index (χ4v) is 3.54. The van der Waals surface area contributed by atoms with E-state index >= 15 is 0 Å². The lowest BCUT2D eigenvalue weighted by Crippen LogP contribution is -2.54. The highest BCUT2D eigenvalue weighted by Gasteiger charge is 2.30. The molecule has 0 unspecified atom stereocenters. The second-order valence-electron chi connectivity index (χ2n) is 7.58. The zero-order valence-corrected chi connectivity index (χ0v) is 15.4. The molecule has 0 saturated carbocycles. The van der Waals surface area contributed by atoms with Gasteiger partial charge in [0.15, 0.2) is 0 Å². The van der Waals surface area contributed by atoms with Gasteiger partial charge in [0.25, 0.3) is 0 Å². The number of hydrogen-bond donors (Lipinski definition) is 1. The average molecular weight is 325 g/mol. The van der Waals surface area contributed by atoms with Crippen LogP contribution in [0.5, 0.6) is 0 Å². The van der Waals surface area contributed by atoms with Crippen molar-refractivity contribution in [1.82, 2.24) is 15.1 Å². The minimum absolute atomic E-state index is 0.0660. The molecule has 2 saturated heterocycles. The van der Waals surface area contributed by atoms with E-state index in [1.807, 2.05) is 0 Å². The summed E-state index contributed by atoms with van der Waals surface area (Å²) in [5.74, 6) is 0.604. The van der Waals surface area contributed by atoms with Crippen LogP contribution >= 0.6 is 0 Å². The predicted molar refractivity (Wildman–Crippen MR) is 93.5 cm³/mol. The number of rotatable bonds is 5. The van der Waals surface area contributed by atoms with Crippen molar-refractivity contribution in [1.29, 1.82) is 0 Å². The van der Waals surface area contributed by atoms with Crippen LogP contribution in [-0.2, 0) is 9.53 Å².